The van der Waals surface area contributed by atoms with Crippen LogP contribution in [0.25, 0.3) is 0 Å². The topological polar surface area (TPSA) is 26.3 Å². The molecule has 0 aromatic rings. The van der Waals surface area contributed by atoms with E-state index in [2.05, 4.69) is 3.07 Å². The summed E-state index contributed by atoms with van der Waals surface area (Å²) in [5.41, 5.74) is 0. The Morgan fingerprint density at radius 2 is 1.56 bits per heavy atom. The number of halogens is 7. The van der Waals surface area contributed by atoms with E-state index >= 15 is 0 Å². The van der Waals surface area contributed by atoms with Gasteiger partial charge in [0.1, 0.15) is 0 Å². The van der Waals surface area contributed by atoms with E-state index in [1.54, 1.807) is 6.92 Å². The van der Waals surface area contributed by atoms with E-state index < -0.39 is 49.2 Å². The second kappa shape index (κ2) is 6.49. The van der Waals surface area contributed by atoms with E-state index in [-0.39, 0.29) is 6.42 Å². The van der Waals surface area contributed by atoms with Gasteiger partial charge in [-0.05, 0) is 0 Å². The average Bonchev–Trinajstić information content (AvgIpc) is 2.13. The van der Waals surface area contributed by atoms with Crippen LogP contribution in [0, 0.1) is 0 Å². The van der Waals surface area contributed by atoms with Crippen molar-refractivity contribution in [1.29, 1.82) is 0 Å². The molecule has 0 aromatic heterocycles. The summed E-state index contributed by atoms with van der Waals surface area (Å²) in [7, 11) is 0. The number of unbranched alkanes of at least 4 members (excludes halogenated alkanes) is 1. The Balaban J connectivity index is 4.72. The van der Waals surface area contributed by atoms with Gasteiger partial charge in [0, 0.05) is 0 Å². The van der Waals surface area contributed by atoms with Crippen LogP contribution < -0.4 is 0 Å². The van der Waals surface area contributed by atoms with Crippen molar-refractivity contribution in [2.24, 2.45) is 0 Å². The summed E-state index contributed by atoms with van der Waals surface area (Å²) in [5, 5.41) is 0. The molecule has 0 aliphatic rings. The van der Waals surface area contributed by atoms with Crippen molar-refractivity contribution in [3.05, 3.63) is 0 Å². The maximum atomic E-state index is 13.0. The molecule has 0 saturated carbocycles. The van der Waals surface area contributed by atoms with Crippen molar-refractivity contribution in [1.82, 2.24) is 0 Å². The Labute approximate surface area is 106 Å². The quantitative estimate of drug-likeness (QED) is 0.378. The Hall–Kier alpha value is 0.0687. The third-order valence-corrected chi connectivity index (χ3v) is 5.71. The van der Waals surface area contributed by atoms with E-state index in [1.165, 1.54) is 0 Å². The van der Waals surface area contributed by atoms with Gasteiger partial charge in [0.2, 0.25) is 0 Å². The Morgan fingerprint density at radius 1 is 1.06 bits per heavy atom. The minimum atomic E-state index is -5.60. The van der Waals surface area contributed by atoms with Gasteiger partial charge in [0.15, 0.2) is 0 Å². The summed E-state index contributed by atoms with van der Waals surface area (Å²) in [5.74, 6) is -5.41. The normalized spacial score (nSPS) is 13.8. The fourth-order valence-electron chi connectivity index (χ4n) is 0.912. The minimum absolute atomic E-state index is 0.215. The van der Waals surface area contributed by atoms with Crippen molar-refractivity contribution < 1.29 is 36.9 Å². The average molecular weight is 391 g/mol. The third-order valence-electron chi connectivity index (χ3n) is 1.87. The van der Waals surface area contributed by atoms with Crippen LogP contribution in [-0.4, -0.2) is 42.8 Å². The number of hydrogen-bond acceptors (Lipinski definition) is 2. The van der Waals surface area contributed by atoms with Crippen LogP contribution in [0.1, 0.15) is 26.2 Å². The van der Waals surface area contributed by atoms with Crippen LogP contribution in [0.15, 0.2) is 0 Å². The van der Waals surface area contributed by atoms with Gasteiger partial charge < -0.3 is 0 Å². The van der Waals surface area contributed by atoms with Crippen LogP contribution in [0.3, 0.4) is 0 Å². The monoisotopic (exact) mass is 392 g/mol. The fraction of sp³-hybridized carbons (Fsp3) is 1.00. The summed E-state index contributed by atoms with van der Waals surface area (Å²) >= 11 is -5.60. The molecule has 0 rings (SSSR count). The molecule has 0 spiro atoms. The second-order valence-electron chi connectivity index (χ2n) is 3.56. The van der Waals surface area contributed by atoms with Crippen LogP contribution >= 0.6 is 0 Å². The summed E-state index contributed by atoms with van der Waals surface area (Å²) in [6.45, 7) is 1.22. The van der Waals surface area contributed by atoms with Crippen molar-refractivity contribution in [3.8, 4) is 0 Å². The predicted molar refractivity (Wildman–Crippen MR) is 47.9 cm³/mol. The molecule has 10 heteroatoms. The zero-order valence-electron chi connectivity index (χ0n) is 9.29. The molecule has 0 amide bonds. The molecule has 108 valence electrons. The SMILES string of the molecule is CCCC[O][Sn](=[O])[C](F)(F)C(F)(F)CC(F)(F)F. The molecule has 0 bridgehead atoms. The maximum absolute atomic E-state index is 13.0. The molecule has 0 radical (unpaired) electrons. The zero-order valence-corrected chi connectivity index (χ0v) is 12.1. The van der Waals surface area contributed by atoms with Crippen molar-refractivity contribution in [2.45, 2.75) is 42.2 Å². The van der Waals surface area contributed by atoms with Crippen molar-refractivity contribution >= 4 is 20.2 Å². The van der Waals surface area contributed by atoms with Crippen LogP contribution in [0.2, 0.25) is 0 Å². The zero-order chi connectivity index (χ0) is 14.6. The molecule has 0 atom stereocenters. The van der Waals surface area contributed by atoms with Gasteiger partial charge in [-0.25, -0.2) is 0 Å². The van der Waals surface area contributed by atoms with E-state index in [0.29, 0.717) is 6.42 Å². The molecule has 0 aliphatic carbocycles. The van der Waals surface area contributed by atoms with Gasteiger partial charge in [0.05, 0.1) is 0 Å². The summed E-state index contributed by atoms with van der Waals surface area (Å²) in [6, 6.07) is 0. The second-order valence-corrected chi connectivity index (χ2v) is 7.82. The van der Waals surface area contributed by atoms with E-state index in [4.69, 9.17) is 0 Å². The number of hydrogen-bond donors (Lipinski definition) is 0. The standard InChI is InChI=1S/C4H2F7.C4H9O.O.Sn/c5-2(6)3(7,8)1-4(9,10)11;1-2-3-4-5;;/h1H2;2-4H2,1H3;;/q;-1;;+1. The van der Waals surface area contributed by atoms with E-state index in [1.807, 2.05) is 0 Å². The molecule has 0 aliphatic heterocycles. The van der Waals surface area contributed by atoms with Gasteiger partial charge in [0.25, 0.3) is 0 Å². The van der Waals surface area contributed by atoms with Crippen LogP contribution in [0.4, 0.5) is 30.7 Å². The first-order valence-corrected chi connectivity index (χ1v) is 8.69. The molecule has 0 unspecified atom stereocenters. The van der Waals surface area contributed by atoms with Crippen molar-refractivity contribution in [2.75, 3.05) is 6.61 Å². The van der Waals surface area contributed by atoms with Gasteiger partial charge in [-0.1, -0.05) is 0 Å². The molecule has 0 fully saturated rings. The third kappa shape index (κ3) is 5.37. The summed E-state index contributed by atoms with van der Waals surface area (Å²) < 4.78 is 96.4. The number of alkyl halides is 7. The molecule has 0 N–H and O–H groups in total. The fourth-order valence-corrected chi connectivity index (χ4v) is 3.48. The molecule has 2 nitrogen and oxygen atoms in total. The van der Waals surface area contributed by atoms with Crippen LogP contribution in [0.5, 0.6) is 0 Å². The first-order chi connectivity index (χ1) is 7.94. The first-order valence-electron chi connectivity index (χ1n) is 4.93. The molecular weight excluding hydrogens is 380 g/mol. The Kier molecular flexibility index (Phi) is 6.51. The molecular formula is C8H11F7O2Sn. The van der Waals surface area contributed by atoms with Gasteiger partial charge in [-0.15, -0.1) is 0 Å². The predicted octanol–water partition coefficient (Wildman–Crippen LogP) is 3.48. The number of rotatable bonds is 7. The van der Waals surface area contributed by atoms with Crippen LogP contribution in [-0.2, 0) is 6.15 Å². The van der Waals surface area contributed by atoms with Gasteiger partial charge >= 0.3 is 106 Å². The first kappa shape index (κ1) is 18.1. The van der Waals surface area contributed by atoms with Gasteiger partial charge in [-0.3, -0.25) is 0 Å². The molecule has 0 heterocycles. The summed E-state index contributed by atoms with van der Waals surface area (Å²) in [6.07, 6.45) is -7.79. The van der Waals surface area contributed by atoms with Gasteiger partial charge in [-0.2, -0.15) is 0 Å². The molecule has 0 aromatic carbocycles. The molecule has 18 heavy (non-hydrogen) atoms. The van der Waals surface area contributed by atoms with E-state index in [0.717, 1.165) is 0 Å². The molecule has 0 saturated heterocycles. The summed E-state index contributed by atoms with van der Waals surface area (Å²) in [4.78, 5) is 0. The Bertz CT molecular complexity index is 290. The van der Waals surface area contributed by atoms with E-state index in [9.17, 15) is 33.8 Å². The van der Waals surface area contributed by atoms with Crippen molar-refractivity contribution in [3.63, 3.8) is 0 Å². The Morgan fingerprint density at radius 3 is 1.94 bits per heavy atom.